The second-order valence-electron chi connectivity index (χ2n) is 4.04. The summed E-state index contributed by atoms with van der Waals surface area (Å²) in [4.78, 5) is 12.1. The quantitative estimate of drug-likeness (QED) is 0.850. The lowest BCUT2D eigenvalue weighted by molar-refractivity contribution is 0.311. The van der Waals surface area contributed by atoms with Crippen LogP contribution in [-0.4, -0.2) is 27.1 Å². The van der Waals surface area contributed by atoms with Gasteiger partial charge in [-0.05, 0) is 38.3 Å². The van der Waals surface area contributed by atoms with Gasteiger partial charge < -0.3 is 10.1 Å². The molecule has 1 rings (SSSR count). The van der Waals surface area contributed by atoms with E-state index in [0.29, 0.717) is 12.6 Å². The number of rotatable bonds is 6. The third-order valence-corrected chi connectivity index (χ3v) is 3.00. The molecule has 0 atom stereocenters. The molecular formula is C11H19ClN4O. The fraction of sp³-hybridized carbons (Fsp3) is 0.727. The maximum Gasteiger partial charge on any atom is 0.322 e. The first-order valence-corrected chi connectivity index (χ1v) is 6.23. The Morgan fingerprint density at radius 1 is 1.18 bits per heavy atom. The lowest BCUT2D eigenvalue weighted by Gasteiger charge is -2.28. The average Bonchev–Trinajstić information content (AvgIpc) is 2.28. The van der Waals surface area contributed by atoms with Crippen LogP contribution in [0.2, 0.25) is 5.28 Å². The van der Waals surface area contributed by atoms with Gasteiger partial charge in [-0.25, -0.2) is 0 Å². The van der Waals surface area contributed by atoms with E-state index in [4.69, 9.17) is 16.3 Å². The monoisotopic (exact) mass is 258 g/mol. The predicted molar refractivity (Wildman–Crippen MR) is 68.6 cm³/mol. The largest absolute Gasteiger partial charge is 0.464 e. The van der Waals surface area contributed by atoms with E-state index in [1.807, 2.05) is 6.92 Å². The highest BCUT2D eigenvalue weighted by molar-refractivity contribution is 6.28. The van der Waals surface area contributed by atoms with Gasteiger partial charge in [0.25, 0.3) is 0 Å². The van der Waals surface area contributed by atoms with Crippen LogP contribution in [0.5, 0.6) is 6.01 Å². The zero-order valence-electron chi connectivity index (χ0n) is 10.7. The van der Waals surface area contributed by atoms with Gasteiger partial charge in [-0.2, -0.15) is 15.0 Å². The van der Waals surface area contributed by atoms with E-state index in [-0.39, 0.29) is 16.8 Å². The second-order valence-corrected chi connectivity index (χ2v) is 4.37. The molecule has 1 N–H and O–H groups in total. The van der Waals surface area contributed by atoms with Crippen LogP contribution in [0.25, 0.3) is 0 Å². The van der Waals surface area contributed by atoms with Gasteiger partial charge in [0.05, 0.1) is 6.61 Å². The minimum atomic E-state index is -0.0475. The van der Waals surface area contributed by atoms with Crippen LogP contribution < -0.4 is 10.1 Å². The first kappa shape index (κ1) is 14.0. The molecule has 0 saturated carbocycles. The Kier molecular flexibility index (Phi) is 4.93. The predicted octanol–water partition coefficient (Wildman–Crippen LogP) is 2.91. The average molecular weight is 259 g/mol. The first-order valence-electron chi connectivity index (χ1n) is 5.85. The Morgan fingerprint density at radius 2 is 1.82 bits per heavy atom. The van der Waals surface area contributed by atoms with Crippen LogP contribution in [0.3, 0.4) is 0 Å². The lowest BCUT2D eigenvalue weighted by atomic mass is 9.96. The molecule has 0 saturated heterocycles. The van der Waals surface area contributed by atoms with Crippen LogP contribution in [0, 0.1) is 0 Å². The van der Waals surface area contributed by atoms with Crippen LogP contribution in [-0.2, 0) is 0 Å². The molecule has 0 bridgehead atoms. The molecule has 0 spiro atoms. The Bertz CT molecular complexity index is 368. The van der Waals surface area contributed by atoms with Crippen molar-refractivity contribution in [2.75, 3.05) is 11.9 Å². The molecule has 1 heterocycles. The molecule has 1 aromatic heterocycles. The number of aromatic nitrogens is 3. The van der Waals surface area contributed by atoms with Crippen molar-refractivity contribution < 1.29 is 4.74 Å². The number of hydrogen-bond donors (Lipinski definition) is 1. The van der Waals surface area contributed by atoms with E-state index in [9.17, 15) is 0 Å². The zero-order valence-corrected chi connectivity index (χ0v) is 11.5. The fourth-order valence-corrected chi connectivity index (χ4v) is 1.43. The summed E-state index contributed by atoms with van der Waals surface area (Å²) >= 11 is 5.82. The first-order chi connectivity index (χ1) is 8.03. The minimum absolute atomic E-state index is 0.0475. The second kappa shape index (κ2) is 6.00. The van der Waals surface area contributed by atoms with E-state index < -0.39 is 0 Å². The summed E-state index contributed by atoms with van der Waals surface area (Å²) < 4.78 is 5.22. The third kappa shape index (κ3) is 4.00. The van der Waals surface area contributed by atoms with Crippen molar-refractivity contribution >= 4 is 17.5 Å². The van der Waals surface area contributed by atoms with E-state index in [1.165, 1.54) is 0 Å². The number of halogens is 1. The number of nitrogens with one attached hydrogen (secondary N) is 1. The molecule has 0 unspecified atom stereocenters. The van der Waals surface area contributed by atoms with E-state index in [1.54, 1.807) is 0 Å². The van der Waals surface area contributed by atoms with Crippen molar-refractivity contribution in [3.05, 3.63) is 5.28 Å². The molecule has 5 nitrogen and oxygen atoms in total. The molecule has 0 aliphatic heterocycles. The Hall–Kier alpha value is -1.10. The molecule has 17 heavy (non-hydrogen) atoms. The summed E-state index contributed by atoms with van der Waals surface area (Å²) in [5.74, 6) is 0.458. The molecule has 0 aliphatic carbocycles. The van der Waals surface area contributed by atoms with Crippen LogP contribution in [0.15, 0.2) is 0 Å². The zero-order chi connectivity index (χ0) is 12.9. The van der Waals surface area contributed by atoms with Gasteiger partial charge in [0.2, 0.25) is 11.2 Å². The van der Waals surface area contributed by atoms with Crippen LogP contribution in [0.1, 0.15) is 40.5 Å². The smallest absolute Gasteiger partial charge is 0.322 e. The Labute approximate surface area is 107 Å². The van der Waals surface area contributed by atoms with Crippen LogP contribution in [0.4, 0.5) is 5.95 Å². The fourth-order valence-electron chi connectivity index (χ4n) is 1.28. The van der Waals surface area contributed by atoms with Crippen molar-refractivity contribution in [2.24, 2.45) is 0 Å². The van der Waals surface area contributed by atoms with E-state index in [2.05, 4.69) is 41.0 Å². The molecule has 6 heteroatoms. The van der Waals surface area contributed by atoms with Crippen molar-refractivity contribution in [1.82, 2.24) is 15.0 Å². The minimum Gasteiger partial charge on any atom is -0.464 e. The number of ether oxygens (including phenoxy) is 1. The van der Waals surface area contributed by atoms with Gasteiger partial charge in [0.15, 0.2) is 0 Å². The molecule has 1 aromatic rings. The van der Waals surface area contributed by atoms with Gasteiger partial charge in [-0.15, -0.1) is 0 Å². The maximum atomic E-state index is 5.82. The number of nitrogens with zero attached hydrogens (tertiary/aromatic N) is 3. The van der Waals surface area contributed by atoms with Gasteiger partial charge in [-0.3, -0.25) is 0 Å². The van der Waals surface area contributed by atoms with Gasteiger partial charge in [-0.1, -0.05) is 13.8 Å². The van der Waals surface area contributed by atoms with E-state index >= 15 is 0 Å². The Balaban J connectivity index is 2.90. The number of hydrogen-bond acceptors (Lipinski definition) is 5. The highest BCUT2D eigenvalue weighted by Crippen LogP contribution is 2.21. The van der Waals surface area contributed by atoms with Crippen molar-refractivity contribution in [1.29, 1.82) is 0 Å². The summed E-state index contributed by atoms with van der Waals surface area (Å²) in [6, 6.07) is 0.254. The van der Waals surface area contributed by atoms with Crippen molar-refractivity contribution in [3.8, 4) is 6.01 Å². The molecule has 0 radical (unpaired) electrons. The molecule has 0 aliphatic rings. The maximum absolute atomic E-state index is 5.82. The Morgan fingerprint density at radius 3 is 2.35 bits per heavy atom. The van der Waals surface area contributed by atoms with Crippen LogP contribution >= 0.6 is 11.6 Å². The third-order valence-electron chi connectivity index (χ3n) is 2.84. The van der Waals surface area contributed by atoms with E-state index in [0.717, 1.165) is 12.8 Å². The SMILES string of the molecule is CCOc1nc(Cl)nc(NC(C)(CC)CC)n1. The standard InChI is InChI=1S/C11H19ClN4O/c1-5-11(4,6-2)16-9-13-8(12)14-10(15-9)17-7-3/h5-7H2,1-4H3,(H,13,14,15,16). The molecule has 0 amide bonds. The highest BCUT2D eigenvalue weighted by Gasteiger charge is 2.21. The summed E-state index contributed by atoms with van der Waals surface area (Å²) in [5, 5.41) is 3.41. The van der Waals surface area contributed by atoms with Gasteiger partial charge in [0, 0.05) is 5.54 Å². The normalized spacial score (nSPS) is 11.4. The van der Waals surface area contributed by atoms with Gasteiger partial charge in [0.1, 0.15) is 0 Å². The van der Waals surface area contributed by atoms with Crippen molar-refractivity contribution in [2.45, 2.75) is 46.1 Å². The topological polar surface area (TPSA) is 59.9 Å². The molecule has 96 valence electrons. The molecule has 0 aromatic carbocycles. The summed E-state index contributed by atoms with van der Waals surface area (Å²) in [6.07, 6.45) is 1.94. The molecule has 0 fully saturated rings. The summed E-state index contributed by atoms with van der Waals surface area (Å²) in [7, 11) is 0. The summed E-state index contributed by atoms with van der Waals surface area (Å²) in [6.45, 7) is 8.71. The highest BCUT2D eigenvalue weighted by atomic mass is 35.5. The van der Waals surface area contributed by atoms with Crippen molar-refractivity contribution in [3.63, 3.8) is 0 Å². The summed E-state index contributed by atoms with van der Waals surface area (Å²) in [5.41, 5.74) is -0.0475. The molecular weight excluding hydrogens is 240 g/mol. The lowest BCUT2D eigenvalue weighted by Crippen LogP contribution is -2.34. The van der Waals surface area contributed by atoms with Gasteiger partial charge >= 0.3 is 6.01 Å². The number of anilines is 1.